The van der Waals surface area contributed by atoms with Gasteiger partial charge in [0.2, 0.25) is 0 Å². The molecule has 0 saturated carbocycles. The van der Waals surface area contributed by atoms with Crippen LogP contribution in [0.2, 0.25) is 9.36 Å². The first-order chi connectivity index (χ1) is 10.2. The van der Waals surface area contributed by atoms with Gasteiger partial charge in [-0.25, -0.2) is 4.98 Å². The van der Waals surface area contributed by atoms with Gasteiger partial charge in [-0.2, -0.15) is 0 Å². The van der Waals surface area contributed by atoms with Crippen molar-refractivity contribution in [3.63, 3.8) is 0 Å². The normalized spacial score (nSPS) is 11.3. The zero-order chi connectivity index (χ0) is 14.8. The number of rotatable bonds is 3. The molecule has 21 heavy (non-hydrogen) atoms. The fourth-order valence-corrected chi connectivity index (χ4v) is 3.36. The van der Waals surface area contributed by atoms with Crippen LogP contribution in [-0.4, -0.2) is 11.3 Å². The number of pyridine rings is 1. The van der Waals surface area contributed by atoms with E-state index >= 15 is 0 Å². The Balaban J connectivity index is 1.95. The fraction of sp³-hybridized carbons (Fsp3) is 0. The third kappa shape index (κ3) is 3.00. The van der Waals surface area contributed by atoms with Crippen LogP contribution in [-0.2, 0) is 0 Å². The molecule has 2 aromatic heterocycles. The molecule has 0 bridgehead atoms. The van der Waals surface area contributed by atoms with Crippen molar-refractivity contribution in [2.75, 3.05) is 0 Å². The maximum absolute atomic E-state index is 10.8. The third-order valence-electron chi connectivity index (χ3n) is 2.95. The van der Waals surface area contributed by atoms with E-state index in [4.69, 9.17) is 23.2 Å². The summed E-state index contributed by atoms with van der Waals surface area (Å²) < 4.78 is 1.52. The molecule has 3 aromatic rings. The molecule has 0 aliphatic heterocycles. The summed E-state index contributed by atoms with van der Waals surface area (Å²) in [7, 11) is 0. The van der Waals surface area contributed by atoms with Gasteiger partial charge in [-0.1, -0.05) is 47.5 Å². The zero-order valence-electron chi connectivity index (χ0n) is 10.7. The van der Waals surface area contributed by atoms with Crippen molar-refractivity contribution in [2.45, 2.75) is 0 Å². The number of hydrogen-bond donors (Lipinski definition) is 0. The van der Waals surface area contributed by atoms with Gasteiger partial charge in [-0.3, -0.25) is 4.79 Å². The van der Waals surface area contributed by atoms with Gasteiger partial charge in [-0.15, -0.1) is 11.3 Å². The van der Waals surface area contributed by atoms with E-state index < -0.39 is 0 Å². The average Bonchev–Trinajstić information content (AvgIpc) is 2.80. The standard InChI is InChI=1S/C16H9Cl2NOS/c17-14-15-13(21-16(14)18)7-6-12(19-15)5-4-10-2-1-3-11(8-10)9-20/h1-9H/b5-4+. The molecule has 104 valence electrons. The summed E-state index contributed by atoms with van der Waals surface area (Å²) in [6.45, 7) is 0. The van der Waals surface area contributed by atoms with Crippen LogP contribution in [0.25, 0.3) is 22.4 Å². The van der Waals surface area contributed by atoms with E-state index in [0.29, 0.717) is 14.9 Å². The highest BCUT2D eigenvalue weighted by Gasteiger charge is 2.09. The van der Waals surface area contributed by atoms with E-state index in [1.54, 1.807) is 6.07 Å². The molecule has 0 N–H and O–H groups in total. The molecular weight excluding hydrogens is 325 g/mol. The average molecular weight is 334 g/mol. The quantitative estimate of drug-likeness (QED) is 0.585. The van der Waals surface area contributed by atoms with Crippen LogP contribution in [0.3, 0.4) is 0 Å². The number of benzene rings is 1. The van der Waals surface area contributed by atoms with Crippen LogP contribution in [0.15, 0.2) is 36.4 Å². The third-order valence-corrected chi connectivity index (χ3v) is 4.88. The van der Waals surface area contributed by atoms with Crippen molar-refractivity contribution < 1.29 is 4.79 Å². The maximum atomic E-state index is 10.8. The molecule has 1 aromatic carbocycles. The zero-order valence-corrected chi connectivity index (χ0v) is 13.0. The van der Waals surface area contributed by atoms with Crippen LogP contribution in [0, 0.1) is 0 Å². The molecule has 0 saturated heterocycles. The number of carbonyl (C=O) groups is 1. The molecular formula is C16H9Cl2NOS. The Morgan fingerprint density at radius 3 is 2.67 bits per heavy atom. The number of carbonyl (C=O) groups excluding carboxylic acids is 1. The van der Waals surface area contributed by atoms with E-state index in [9.17, 15) is 4.79 Å². The van der Waals surface area contributed by atoms with E-state index in [1.165, 1.54) is 11.3 Å². The van der Waals surface area contributed by atoms with Gasteiger partial charge in [0.1, 0.15) is 16.1 Å². The number of aldehydes is 1. The lowest BCUT2D eigenvalue weighted by atomic mass is 10.1. The lowest BCUT2D eigenvalue weighted by Gasteiger charge is -1.96. The maximum Gasteiger partial charge on any atom is 0.150 e. The highest BCUT2D eigenvalue weighted by Crippen LogP contribution is 2.37. The lowest BCUT2D eigenvalue weighted by Crippen LogP contribution is -1.82. The molecule has 0 fully saturated rings. The Morgan fingerprint density at radius 1 is 1.05 bits per heavy atom. The molecule has 2 heterocycles. The monoisotopic (exact) mass is 333 g/mol. The van der Waals surface area contributed by atoms with Crippen LogP contribution < -0.4 is 0 Å². The second-order valence-corrected chi connectivity index (χ2v) is 6.43. The summed E-state index contributed by atoms with van der Waals surface area (Å²) in [5.41, 5.74) is 3.09. The van der Waals surface area contributed by atoms with Gasteiger partial charge >= 0.3 is 0 Å². The number of halogens is 2. The topological polar surface area (TPSA) is 30.0 Å². The molecule has 0 atom stereocenters. The molecule has 2 nitrogen and oxygen atoms in total. The first-order valence-corrected chi connectivity index (χ1v) is 7.72. The van der Waals surface area contributed by atoms with Crippen molar-refractivity contribution in [3.8, 4) is 0 Å². The minimum absolute atomic E-state index is 0.495. The van der Waals surface area contributed by atoms with Crippen molar-refractivity contribution in [1.29, 1.82) is 0 Å². The number of aromatic nitrogens is 1. The molecule has 5 heteroatoms. The summed E-state index contributed by atoms with van der Waals surface area (Å²) >= 11 is 13.5. The summed E-state index contributed by atoms with van der Waals surface area (Å²) in [5, 5.41) is 0.495. The second kappa shape index (κ2) is 5.98. The number of fused-ring (bicyclic) bond motifs is 1. The Kier molecular flexibility index (Phi) is 4.06. The number of nitrogens with zero attached hydrogens (tertiary/aromatic N) is 1. The van der Waals surface area contributed by atoms with Crippen LogP contribution >= 0.6 is 34.5 Å². The van der Waals surface area contributed by atoms with Gasteiger partial charge in [-0.05, 0) is 29.8 Å². The SMILES string of the molecule is O=Cc1cccc(/C=C/c2ccc3sc(Cl)c(Cl)c3n2)c1. The molecule has 0 radical (unpaired) electrons. The van der Waals surface area contributed by atoms with Crippen LogP contribution in [0.5, 0.6) is 0 Å². The number of thiophene rings is 1. The minimum Gasteiger partial charge on any atom is -0.298 e. The summed E-state index contributed by atoms with van der Waals surface area (Å²) in [6.07, 6.45) is 4.61. The highest BCUT2D eigenvalue weighted by atomic mass is 35.5. The van der Waals surface area contributed by atoms with Crippen LogP contribution in [0.4, 0.5) is 0 Å². The summed E-state index contributed by atoms with van der Waals surface area (Å²) in [4.78, 5) is 15.2. The Hall–Kier alpha value is -1.68. The Labute approximate surface area is 135 Å². The minimum atomic E-state index is 0.495. The second-order valence-electron chi connectivity index (χ2n) is 4.39. The van der Waals surface area contributed by atoms with E-state index in [0.717, 1.165) is 27.8 Å². The van der Waals surface area contributed by atoms with E-state index in [1.807, 2.05) is 42.5 Å². The molecule has 3 rings (SSSR count). The molecule has 0 spiro atoms. The molecule has 0 amide bonds. The van der Waals surface area contributed by atoms with Crippen molar-refractivity contribution in [3.05, 3.63) is 62.6 Å². The molecule has 0 aliphatic rings. The molecule has 0 aliphatic carbocycles. The fourth-order valence-electron chi connectivity index (χ4n) is 1.95. The lowest BCUT2D eigenvalue weighted by molar-refractivity contribution is 0.112. The van der Waals surface area contributed by atoms with Crippen LogP contribution in [0.1, 0.15) is 21.6 Å². The smallest absolute Gasteiger partial charge is 0.150 e. The number of hydrogen-bond acceptors (Lipinski definition) is 3. The summed E-state index contributed by atoms with van der Waals surface area (Å²) in [5.74, 6) is 0. The van der Waals surface area contributed by atoms with Crippen molar-refractivity contribution in [1.82, 2.24) is 4.98 Å². The first kappa shape index (κ1) is 14.3. The Bertz CT molecular complexity index is 855. The van der Waals surface area contributed by atoms with Gasteiger partial charge < -0.3 is 0 Å². The Morgan fingerprint density at radius 2 is 1.86 bits per heavy atom. The van der Waals surface area contributed by atoms with E-state index in [-0.39, 0.29) is 0 Å². The van der Waals surface area contributed by atoms with Crippen molar-refractivity contribution >= 4 is 63.2 Å². The summed E-state index contributed by atoms with van der Waals surface area (Å²) in [6, 6.07) is 11.2. The van der Waals surface area contributed by atoms with Gasteiger partial charge in [0.05, 0.1) is 15.4 Å². The first-order valence-electron chi connectivity index (χ1n) is 6.15. The van der Waals surface area contributed by atoms with Gasteiger partial charge in [0.15, 0.2) is 0 Å². The molecule has 0 unspecified atom stereocenters. The van der Waals surface area contributed by atoms with Gasteiger partial charge in [0.25, 0.3) is 0 Å². The largest absolute Gasteiger partial charge is 0.298 e. The predicted octanol–water partition coefficient (Wildman–Crippen LogP) is 5.59. The van der Waals surface area contributed by atoms with Crippen molar-refractivity contribution in [2.24, 2.45) is 0 Å². The highest BCUT2D eigenvalue weighted by molar-refractivity contribution is 7.23. The van der Waals surface area contributed by atoms with Gasteiger partial charge in [0, 0.05) is 5.56 Å². The van der Waals surface area contributed by atoms with E-state index in [2.05, 4.69) is 4.98 Å². The predicted molar refractivity (Wildman–Crippen MR) is 90.4 cm³/mol.